The Kier molecular flexibility index (Phi) is 10.0. The number of nitrogens with zero attached hydrogens (tertiary/aromatic N) is 2. The number of hydrogen-bond acceptors (Lipinski definition) is 5. The largest absolute Gasteiger partial charge is 0.392 e. The normalized spacial score (nSPS) is 11.0. The number of rotatable bonds is 11. The first-order chi connectivity index (χ1) is 23.4. The first-order valence-corrected chi connectivity index (χ1v) is 16.4. The van der Waals surface area contributed by atoms with Gasteiger partial charge in [-0.1, -0.05) is 67.6 Å². The smallest absolute Gasteiger partial charge is 0.0681 e. The number of hydrogen-bond donors (Lipinski definition) is 3. The summed E-state index contributed by atoms with van der Waals surface area (Å²) >= 11 is 0. The van der Waals surface area contributed by atoms with Gasteiger partial charge in [-0.15, -0.1) is 0 Å². The van der Waals surface area contributed by atoms with Gasteiger partial charge in [-0.25, -0.2) is 0 Å². The van der Waals surface area contributed by atoms with Crippen molar-refractivity contribution in [3.8, 4) is 11.1 Å². The average molecular weight is 635 g/mol. The van der Waals surface area contributed by atoms with Crippen LogP contribution in [0.3, 0.4) is 0 Å². The summed E-state index contributed by atoms with van der Waals surface area (Å²) in [5.74, 6) is 0. The standard InChI is InChI=1S/C43H42N2O3/c1-4-32-5-15-38(16-6-32)44(39-17-7-33(27-46)8-18-39)42-23-13-36(25-30(42)2)37-14-24-43(31(3)26-37)45(40-19-9-34(28-47)10-20-40)41-21-11-35(29-48)12-22-41/h5-26,46-48H,4,27-29H2,1-3H3. The van der Waals surface area contributed by atoms with Crippen LogP contribution in [0.1, 0.15) is 40.3 Å². The van der Waals surface area contributed by atoms with E-state index in [1.54, 1.807) is 0 Å². The maximum Gasteiger partial charge on any atom is 0.0681 e. The molecule has 0 aromatic heterocycles. The van der Waals surface area contributed by atoms with Gasteiger partial charge in [-0.05, 0) is 138 Å². The summed E-state index contributed by atoms with van der Waals surface area (Å²) in [6.07, 6.45) is 0.987. The van der Waals surface area contributed by atoms with E-state index in [1.807, 2.05) is 60.7 Å². The van der Waals surface area contributed by atoms with Crippen molar-refractivity contribution < 1.29 is 15.3 Å². The highest BCUT2D eigenvalue weighted by Crippen LogP contribution is 2.41. The SMILES string of the molecule is CCc1ccc(N(c2ccc(CO)cc2)c2ccc(-c3ccc(N(c4ccc(CO)cc4)c4ccc(CO)cc4)c(C)c3)cc2C)cc1. The van der Waals surface area contributed by atoms with Gasteiger partial charge < -0.3 is 25.1 Å². The molecule has 242 valence electrons. The van der Waals surface area contributed by atoms with Crippen molar-refractivity contribution in [2.75, 3.05) is 9.80 Å². The molecule has 0 aliphatic heterocycles. The molecule has 3 N–H and O–H groups in total. The predicted molar refractivity (Wildman–Crippen MR) is 198 cm³/mol. The monoisotopic (exact) mass is 634 g/mol. The maximum atomic E-state index is 9.63. The molecule has 0 spiro atoms. The van der Waals surface area contributed by atoms with Crippen molar-refractivity contribution in [3.63, 3.8) is 0 Å². The third-order valence-corrected chi connectivity index (χ3v) is 8.94. The molecule has 0 heterocycles. The summed E-state index contributed by atoms with van der Waals surface area (Å²) in [5, 5.41) is 28.9. The molecule has 0 unspecified atom stereocenters. The van der Waals surface area contributed by atoms with Crippen LogP contribution in [0.2, 0.25) is 0 Å². The lowest BCUT2D eigenvalue weighted by Crippen LogP contribution is -2.12. The minimum atomic E-state index is -0.00367. The van der Waals surface area contributed by atoms with E-state index in [9.17, 15) is 15.3 Å². The fraction of sp³-hybridized carbons (Fsp3) is 0.163. The van der Waals surface area contributed by atoms with Gasteiger partial charge >= 0.3 is 0 Å². The van der Waals surface area contributed by atoms with Crippen LogP contribution in [0.25, 0.3) is 11.1 Å². The fourth-order valence-corrected chi connectivity index (χ4v) is 6.16. The van der Waals surface area contributed by atoms with Gasteiger partial charge in [0.05, 0.1) is 19.8 Å². The van der Waals surface area contributed by atoms with Crippen LogP contribution in [0.4, 0.5) is 34.1 Å². The fourth-order valence-electron chi connectivity index (χ4n) is 6.16. The summed E-state index contributed by atoms with van der Waals surface area (Å²) in [6.45, 7) is 6.46. The van der Waals surface area contributed by atoms with E-state index in [0.29, 0.717) is 0 Å². The first kappa shape index (κ1) is 32.7. The van der Waals surface area contributed by atoms with Crippen molar-refractivity contribution in [2.45, 2.75) is 47.0 Å². The van der Waals surface area contributed by atoms with Crippen molar-refractivity contribution in [3.05, 3.63) is 167 Å². The second-order valence-corrected chi connectivity index (χ2v) is 12.2. The highest BCUT2D eigenvalue weighted by atomic mass is 16.3. The lowest BCUT2D eigenvalue weighted by molar-refractivity contribution is 0.281. The highest BCUT2D eigenvalue weighted by molar-refractivity contribution is 5.83. The van der Waals surface area contributed by atoms with E-state index >= 15 is 0 Å². The molecule has 0 saturated heterocycles. The molecule has 0 fully saturated rings. The molecule has 5 nitrogen and oxygen atoms in total. The van der Waals surface area contributed by atoms with Crippen LogP contribution in [-0.2, 0) is 26.2 Å². The van der Waals surface area contributed by atoms with Gasteiger partial charge in [0.25, 0.3) is 0 Å². The van der Waals surface area contributed by atoms with Crippen molar-refractivity contribution in [1.82, 2.24) is 0 Å². The number of benzene rings is 6. The highest BCUT2D eigenvalue weighted by Gasteiger charge is 2.18. The third-order valence-electron chi connectivity index (χ3n) is 8.94. The lowest BCUT2D eigenvalue weighted by atomic mass is 9.98. The zero-order valence-corrected chi connectivity index (χ0v) is 27.8. The Bertz CT molecular complexity index is 1730. The second-order valence-electron chi connectivity index (χ2n) is 12.2. The predicted octanol–water partition coefficient (Wildman–Crippen LogP) is 9.95. The van der Waals surface area contributed by atoms with Crippen LogP contribution in [-0.4, -0.2) is 15.3 Å². The number of aryl methyl sites for hydroxylation is 3. The van der Waals surface area contributed by atoms with Crippen LogP contribution in [0.15, 0.2) is 133 Å². The Morgan fingerprint density at radius 1 is 0.396 bits per heavy atom. The molecular formula is C43H42N2O3. The Labute approximate surface area is 283 Å². The van der Waals surface area contributed by atoms with Gasteiger partial charge in [-0.2, -0.15) is 0 Å². The maximum absolute atomic E-state index is 9.63. The number of aliphatic hydroxyl groups is 3. The zero-order chi connectivity index (χ0) is 33.6. The molecule has 0 radical (unpaired) electrons. The Balaban J connectivity index is 1.37. The van der Waals surface area contributed by atoms with E-state index in [1.165, 1.54) is 5.56 Å². The number of aliphatic hydroxyl groups excluding tert-OH is 3. The summed E-state index contributed by atoms with van der Waals surface area (Å²) in [4.78, 5) is 4.48. The van der Waals surface area contributed by atoms with Gasteiger partial charge in [-0.3, -0.25) is 0 Å². The second kappa shape index (κ2) is 14.7. The van der Waals surface area contributed by atoms with Crippen LogP contribution in [0, 0.1) is 13.8 Å². The molecule has 5 heteroatoms. The first-order valence-electron chi connectivity index (χ1n) is 16.4. The lowest BCUT2D eigenvalue weighted by Gasteiger charge is -2.28. The molecule has 0 saturated carbocycles. The molecule has 6 aromatic rings. The summed E-state index contributed by atoms with van der Waals surface area (Å²) in [7, 11) is 0. The van der Waals surface area contributed by atoms with E-state index in [4.69, 9.17) is 0 Å². The molecule has 48 heavy (non-hydrogen) atoms. The molecule has 0 amide bonds. The Morgan fingerprint density at radius 2 is 0.688 bits per heavy atom. The molecule has 6 rings (SSSR count). The molecule has 0 atom stereocenters. The Hall–Kier alpha value is -5.20. The average Bonchev–Trinajstić information content (AvgIpc) is 3.14. The summed E-state index contributed by atoms with van der Waals surface area (Å²) < 4.78 is 0. The van der Waals surface area contributed by atoms with Crippen LogP contribution >= 0.6 is 0 Å². The third kappa shape index (κ3) is 6.90. The van der Waals surface area contributed by atoms with E-state index < -0.39 is 0 Å². The minimum Gasteiger partial charge on any atom is -0.392 e. The molecule has 0 bridgehead atoms. The van der Waals surface area contributed by atoms with E-state index in [2.05, 4.69) is 103 Å². The van der Waals surface area contributed by atoms with E-state index in [0.717, 1.165) is 79.5 Å². The Morgan fingerprint density at radius 3 is 0.938 bits per heavy atom. The van der Waals surface area contributed by atoms with Crippen LogP contribution in [0.5, 0.6) is 0 Å². The van der Waals surface area contributed by atoms with Gasteiger partial charge in [0, 0.05) is 34.1 Å². The molecule has 0 aliphatic carbocycles. The quantitative estimate of drug-likeness (QED) is 0.132. The zero-order valence-electron chi connectivity index (χ0n) is 27.8. The van der Waals surface area contributed by atoms with Gasteiger partial charge in [0.1, 0.15) is 0 Å². The van der Waals surface area contributed by atoms with E-state index in [-0.39, 0.29) is 19.8 Å². The van der Waals surface area contributed by atoms with Gasteiger partial charge in [0.2, 0.25) is 0 Å². The molecule has 0 aliphatic rings. The summed E-state index contributed by atoms with van der Waals surface area (Å²) in [6, 6.07) is 45.9. The minimum absolute atomic E-state index is 0.00367. The molecule has 6 aromatic carbocycles. The van der Waals surface area contributed by atoms with Crippen molar-refractivity contribution >= 4 is 34.1 Å². The topological polar surface area (TPSA) is 67.2 Å². The van der Waals surface area contributed by atoms with Crippen LogP contribution < -0.4 is 9.80 Å². The number of anilines is 6. The van der Waals surface area contributed by atoms with Gasteiger partial charge in [0.15, 0.2) is 0 Å². The van der Waals surface area contributed by atoms with Crippen molar-refractivity contribution in [2.24, 2.45) is 0 Å². The molecular weight excluding hydrogens is 592 g/mol. The summed E-state index contributed by atoms with van der Waals surface area (Å²) in [5.41, 5.74) is 14.7. The van der Waals surface area contributed by atoms with Crippen molar-refractivity contribution in [1.29, 1.82) is 0 Å².